The van der Waals surface area contributed by atoms with Crippen LogP contribution in [0.2, 0.25) is 0 Å². The summed E-state index contributed by atoms with van der Waals surface area (Å²) in [6.45, 7) is 1.80. The first kappa shape index (κ1) is 18.7. The van der Waals surface area contributed by atoms with Gasteiger partial charge >= 0.3 is 35.5 Å². The van der Waals surface area contributed by atoms with Crippen molar-refractivity contribution in [2.24, 2.45) is 0 Å². The molecule has 0 bridgehead atoms. The molecule has 0 aliphatic heterocycles. The van der Waals surface area contributed by atoms with Crippen molar-refractivity contribution >= 4 is 16.1 Å². The van der Waals surface area contributed by atoms with Crippen molar-refractivity contribution in [2.75, 3.05) is 6.61 Å². The van der Waals surface area contributed by atoms with E-state index in [1.54, 1.807) is 6.92 Å². The summed E-state index contributed by atoms with van der Waals surface area (Å²) in [5.41, 5.74) is -0.263. The van der Waals surface area contributed by atoms with Gasteiger partial charge in [0.05, 0.1) is 17.2 Å². The smallest absolute Gasteiger partial charge is 0.744 e. The topological polar surface area (TPSA) is 121 Å². The molecule has 10 heteroatoms. The number of benzene rings is 1. The van der Waals surface area contributed by atoms with Crippen LogP contribution in [0.15, 0.2) is 40.0 Å². The molecule has 2 aromatic rings. The molecule has 112 valence electrons. The van der Waals surface area contributed by atoms with E-state index in [1.807, 2.05) is 0 Å². The molecule has 1 aromatic carbocycles. The first-order valence-electron chi connectivity index (χ1n) is 5.88. The van der Waals surface area contributed by atoms with E-state index in [4.69, 9.17) is 4.74 Å². The Morgan fingerprint density at radius 1 is 1.32 bits per heavy atom. The third-order valence-electron chi connectivity index (χ3n) is 2.60. The summed E-state index contributed by atoms with van der Waals surface area (Å²) in [6.07, 6.45) is 0. The quantitative estimate of drug-likeness (QED) is 0.368. The minimum atomic E-state index is -4.55. The molecule has 0 atom stereocenters. The number of rotatable bonds is 4. The molecule has 1 N–H and O–H groups in total. The average Bonchev–Trinajstić information content (AvgIpc) is 2.80. The van der Waals surface area contributed by atoms with Crippen LogP contribution in [0.5, 0.6) is 0 Å². The van der Waals surface area contributed by atoms with Crippen LogP contribution in [0, 0.1) is 0 Å². The van der Waals surface area contributed by atoms with Crippen LogP contribution < -0.4 is 35.1 Å². The second-order valence-corrected chi connectivity index (χ2v) is 5.39. The molecule has 0 spiro atoms. The largest absolute Gasteiger partial charge is 1.00 e. The van der Waals surface area contributed by atoms with Gasteiger partial charge in [-0.25, -0.2) is 17.9 Å². The van der Waals surface area contributed by atoms with E-state index in [-0.39, 0.29) is 47.5 Å². The Hall–Kier alpha value is -1.39. The van der Waals surface area contributed by atoms with E-state index in [0.29, 0.717) is 0 Å². The SMILES string of the molecule is CCOC(=O)c1cc(=O)n(-c2ccc(S(=O)(=O)[O-])cc2)[nH]1.[Na+]. The first-order chi connectivity index (χ1) is 9.82. The summed E-state index contributed by atoms with van der Waals surface area (Å²) in [6, 6.07) is 5.77. The maximum Gasteiger partial charge on any atom is 1.00 e. The van der Waals surface area contributed by atoms with Gasteiger partial charge in [-0.15, -0.1) is 0 Å². The van der Waals surface area contributed by atoms with E-state index in [9.17, 15) is 22.6 Å². The van der Waals surface area contributed by atoms with Gasteiger partial charge in [-0.2, -0.15) is 0 Å². The molecule has 0 aliphatic rings. The maximum atomic E-state index is 11.8. The Balaban J connectivity index is 0.00000242. The van der Waals surface area contributed by atoms with Crippen molar-refractivity contribution in [3.05, 3.63) is 46.4 Å². The minimum absolute atomic E-state index is 0. The van der Waals surface area contributed by atoms with Crippen molar-refractivity contribution in [3.8, 4) is 5.69 Å². The summed E-state index contributed by atoms with van der Waals surface area (Å²) in [4.78, 5) is 22.9. The van der Waals surface area contributed by atoms with Crippen LogP contribution >= 0.6 is 0 Å². The number of aromatic amines is 1. The molecule has 1 heterocycles. The van der Waals surface area contributed by atoms with Gasteiger partial charge < -0.3 is 9.29 Å². The Morgan fingerprint density at radius 3 is 2.41 bits per heavy atom. The van der Waals surface area contributed by atoms with Gasteiger partial charge in [0.2, 0.25) is 0 Å². The molecular weight excluding hydrogens is 323 g/mol. The maximum absolute atomic E-state index is 11.8. The molecule has 0 amide bonds. The second kappa shape index (κ2) is 7.25. The third-order valence-corrected chi connectivity index (χ3v) is 3.45. The normalized spacial score (nSPS) is 10.8. The summed E-state index contributed by atoms with van der Waals surface area (Å²) in [5.74, 6) is -0.674. The molecule has 2 rings (SSSR count). The van der Waals surface area contributed by atoms with Gasteiger partial charge in [-0.05, 0) is 31.2 Å². The van der Waals surface area contributed by atoms with E-state index >= 15 is 0 Å². The van der Waals surface area contributed by atoms with Gasteiger partial charge in [0.1, 0.15) is 15.8 Å². The van der Waals surface area contributed by atoms with Crippen molar-refractivity contribution < 1.29 is 52.1 Å². The molecule has 22 heavy (non-hydrogen) atoms. The molecule has 0 fully saturated rings. The molecule has 8 nitrogen and oxygen atoms in total. The first-order valence-corrected chi connectivity index (χ1v) is 7.29. The molecular formula is C12H11N2NaO6S. The predicted octanol–water partition coefficient (Wildman–Crippen LogP) is -2.75. The zero-order valence-electron chi connectivity index (χ0n) is 11.9. The monoisotopic (exact) mass is 334 g/mol. The van der Waals surface area contributed by atoms with Gasteiger partial charge in [0, 0.05) is 6.07 Å². The number of aromatic nitrogens is 2. The fraction of sp³-hybridized carbons (Fsp3) is 0.167. The molecule has 1 aromatic heterocycles. The van der Waals surface area contributed by atoms with E-state index in [2.05, 4.69) is 5.10 Å². The standard InChI is InChI=1S/C12H12N2O6S.Na/c1-2-20-12(16)10-7-11(15)14(13-10)8-3-5-9(6-4-8)21(17,18)19;/h3-7,13H,2H2,1H3,(H,17,18,19);/q;+1/p-1. The van der Waals surface area contributed by atoms with E-state index < -0.39 is 26.5 Å². The third kappa shape index (κ3) is 4.08. The number of ether oxygens (including phenoxy) is 1. The molecule has 0 aliphatic carbocycles. The fourth-order valence-electron chi connectivity index (χ4n) is 1.66. The second-order valence-electron chi connectivity index (χ2n) is 4.01. The Labute approximate surface area is 148 Å². The van der Waals surface area contributed by atoms with Crippen molar-refractivity contribution in [2.45, 2.75) is 11.8 Å². The van der Waals surface area contributed by atoms with Crippen molar-refractivity contribution in [3.63, 3.8) is 0 Å². The Morgan fingerprint density at radius 2 is 1.91 bits per heavy atom. The number of carbonyl (C=O) groups is 1. The Kier molecular flexibility index (Phi) is 6.15. The van der Waals surface area contributed by atoms with Crippen LogP contribution in [-0.2, 0) is 14.9 Å². The zero-order valence-corrected chi connectivity index (χ0v) is 14.7. The van der Waals surface area contributed by atoms with Gasteiger partial charge in [0.25, 0.3) is 5.56 Å². The fourth-order valence-corrected chi connectivity index (χ4v) is 2.13. The number of esters is 1. The van der Waals surface area contributed by atoms with Crippen molar-refractivity contribution in [1.82, 2.24) is 9.78 Å². The van der Waals surface area contributed by atoms with Crippen LogP contribution in [-0.4, -0.2) is 35.3 Å². The van der Waals surface area contributed by atoms with Crippen LogP contribution in [0.1, 0.15) is 17.4 Å². The summed E-state index contributed by atoms with van der Waals surface area (Å²) >= 11 is 0. The number of nitrogens with zero attached hydrogens (tertiary/aromatic N) is 1. The van der Waals surface area contributed by atoms with Crippen LogP contribution in [0.25, 0.3) is 5.69 Å². The Bertz CT molecular complexity index is 822. The number of hydrogen-bond donors (Lipinski definition) is 1. The summed E-state index contributed by atoms with van der Waals surface area (Å²) in [7, 11) is -4.55. The van der Waals surface area contributed by atoms with Gasteiger partial charge in [-0.3, -0.25) is 9.89 Å². The summed E-state index contributed by atoms with van der Waals surface area (Å²) in [5, 5.41) is 2.54. The predicted molar refractivity (Wildman–Crippen MR) is 70.3 cm³/mol. The van der Waals surface area contributed by atoms with Gasteiger partial charge in [0.15, 0.2) is 0 Å². The minimum Gasteiger partial charge on any atom is -0.744 e. The van der Waals surface area contributed by atoms with Crippen LogP contribution in [0.3, 0.4) is 0 Å². The van der Waals surface area contributed by atoms with Crippen molar-refractivity contribution in [1.29, 1.82) is 0 Å². The molecule has 0 saturated heterocycles. The molecule has 0 saturated carbocycles. The number of carbonyl (C=O) groups excluding carboxylic acids is 1. The zero-order chi connectivity index (χ0) is 15.6. The van der Waals surface area contributed by atoms with E-state index in [0.717, 1.165) is 22.9 Å². The van der Waals surface area contributed by atoms with Crippen LogP contribution in [0.4, 0.5) is 0 Å². The molecule has 0 unspecified atom stereocenters. The van der Waals surface area contributed by atoms with Gasteiger partial charge in [-0.1, -0.05) is 0 Å². The summed E-state index contributed by atoms with van der Waals surface area (Å²) < 4.78 is 38.2. The molecule has 0 radical (unpaired) electrons. The number of H-pyrrole nitrogens is 1. The average molecular weight is 334 g/mol. The number of hydrogen-bond acceptors (Lipinski definition) is 6. The van der Waals surface area contributed by atoms with E-state index in [1.165, 1.54) is 12.1 Å². The number of nitrogens with one attached hydrogen (secondary N) is 1.